The molecule has 2 rings (SSSR count). The molecule has 1 heterocycles. The zero-order chi connectivity index (χ0) is 7.84. The first-order valence-corrected chi connectivity index (χ1v) is 4.48. The van der Waals surface area contributed by atoms with Gasteiger partial charge in [-0.3, -0.25) is 4.79 Å². The highest BCUT2D eigenvalue weighted by atomic mass is 16.1. The molecule has 0 aromatic heterocycles. The molecule has 2 atom stereocenters. The van der Waals surface area contributed by atoms with E-state index in [-0.39, 0.29) is 0 Å². The third-order valence-electron chi connectivity index (χ3n) is 3.04. The van der Waals surface area contributed by atoms with E-state index >= 15 is 0 Å². The fourth-order valence-corrected chi connectivity index (χ4v) is 2.47. The average Bonchev–Trinajstić information content (AvgIpc) is 2.31. The lowest BCUT2D eigenvalue weighted by atomic mass is 9.81. The summed E-state index contributed by atoms with van der Waals surface area (Å²) in [6.07, 6.45) is 3.25. The lowest BCUT2D eigenvalue weighted by molar-refractivity contribution is -0.125. The number of likely N-dealkylation sites (tertiary alicyclic amines) is 1. The zero-order valence-corrected chi connectivity index (χ0v) is 7.05. The van der Waals surface area contributed by atoms with Crippen LogP contribution in [0.5, 0.6) is 0 Å². The lowest BCUT2D eigenvalue weighted by Crippen LogP contribution is -2.26. The van der Waals surface area contributed by atoms with E-state index in [2.05, 4.69) is 11.9 Å². The Hall–Kier alpha value is -0.370. The summed E-state index contributed by atoms with van der Waals surface area (Å²) in [5.74, 6) is 1.61. The van der Waals surface area contributed by atoms with E-state index in [9.17, 15) is 4.79 Å². The summed E-state index contributed by atoms with van der Waals surface area (Å²) in [6, 6.07) is 0. The van der Waals surface area contributed by atoms with Crippen molar-refractivity contribution in [1.29, 1.82) is 0 Å². The van der Waals surface area contributed by atoms with Crippen molar-refractivity contribution in [3.8, 4) is 0 Å². The van der Waals surface area contributed by atoms with Crippen molar-refractivity contribution < 1.29 is 4.79 Å². The number of hydrogen-bond donors (Lipinski definition) is 0. The van der Waals surface area contributed by atoms with Gasteiger partial charge >= 0.3 is 0 Å². The summed E-state index contributed by atoms with van der Waals surface area (Å²) in [7, 11) is 2.12. The maximum atomic E-state index is 11.4. The predicted molar refractivity (Wildman–Crippen MR) is 43.3 cm³/mol. The maximum absolute atomic E-state index is 11.4. The smallest absolute Gasteiger partial charge is 0.137 e. The molecule has 2 aliphatic rings. The number of hydrogen-bond acceptors (Lipinski definition) is 2. The van der Waals surface area contributed by atoms with Crippen LogP contribution < -0.4 is 0 Å². The number of nitrogens with zero attached hydrogens (tertiary/aromatic N) is 1. The molecular weight excluding hydrogens is 138 g/mol. The highest BCUT2D eigenvalue weighted by molar-refractivity contribution is 5.82. The summed E-state index contributed by atoms with van der Waals surface area (Å²) >= 11 is 0. The van der Waals surface area contributed by atoms with Crippen LogP contribution in [0.25, 0.3) is 0 Å². The van der Waals surface area contributed by atoms with Crippen molar-refractivity contribution in [3.05, 3.63) is 0 Å². The van der Waals surface area contributed by atoms with Crippen molar-refractivity contribution in [3.63, 3.8) is 0 Å². The molecular formula is C9H15NO. The molecule has 1 saturated heterocycles. The quantitative estimate of drug-likeness (QED) is 0.515. The van der Waals surface area contributed by atoms with Gasteiger partial charge in [0.25, 0.3) is 0 Å². The van der Waals surface area contributed by atoms with Gasteiger partial charge in [-0.15, -0.1) is 0 Å². The second-order valence-corrected chi connectivity index (χ2v) is 3.95. The van der Waals surface area contributed by atoms with Crippen molar-refractivity contribution in [2.75, 3.05) is 20.1 Å². The van der Waals surface area contributed by atoms with E-state index in [1.54, 1.807) is 0 Å². The molecule has 1 aliphatic carbocycles. The molecule has 2 unspecified atom stereocenters. The minimum absolute atomic E-state index is 0.397. The van der Waals surface area contributed by atoms with Crippen LogP contribution in [0.1, 0.15) is 19.3 Å². The first kappa shape index (κ1) is 7.29. The molecule has 0 radical (unpaired) electrons. The normalized spacial score (nSPS) is 39.2. The molecule has 0 aromatic rings. The number of carbonyl (C=O) groups is 1. The van der Waals surface area contributed by atoms with Crippen molar-refractivity contribution in [2.45, 2.75) is 19.3 Å². The average molecular weight is 153 g/mol. The number of ketones is 1. The summed E-state index contributed by atoms with van der Waals surface area (Å²) in [5, 5.41) is 0. The monoisotopic (exact) mass is 153 g/mol. The molecule has 1 aliphatic heterocycles. The van der Waals surface area contributed by atoms with Crippen LogP contribution in [0.2, 0.25) is 0 Å². The van der Waals surface area contributed by atoms with Gasteiger partial charge < -0.3 is 4.90 Å². The Kier molecular flexibility index (Phi) is 1.72. The van der Waals surface area contributed by atoms with E-state index in [4.69, 9.17) is 0 Å². The minimum atomic E-state index is 0.397. The van der Waals surface area contributed by atoms with Crippen LogP contribution in [0.4, 0.5) is 0 Å². The third-order valence-corrected chi connectivity index (χ3v) is 3.04. The highest BCUT2D eigenvalue weighted by Gasteiger charge is 2.37. The highest BCUT2D eigenvalue weighted by Crippen LogP contribution is 2.32. The van der Waals surface area contributed by atoms with Gasteiger partial charge in [0.2, 0.25) is 0 Å². The predicted octanol–water partition coefficient (Wildman–Crippen LogP) is 0.917. The molecule has 0 spiro atoms. The molecule has 62 valence electrons. The standard InChI is InChI=1S/C9H15NO/c1-10-5-7-3-2-4-9(11)8(7)6-10/h7-8H,2-6H2,1H3. The first-order chi connectivity index (χ1) is 5.27. The van der Waals surface area contributed by atoms with Gasteiger partial charge in [-0.05, 0) is 25.8 Å². The molecule has 0 amide bonds. The Morgan fingerprint density at radius 2 is 2.27 bits per heavy atom. The van der Waals surface area contributed by atoms with E-state index in [0.29, 0.717) is 17.6 Å². The maximum Gasteiger partial charge on any atom is 0.137 e. The topological polar surface area (TPSA) is 20.3 Å². The van der Waals surface area contributed by atoms with Crippen LogP contribution in [-0.2, 0) is 4.79 Å². The second kappa shape index (κ2) is 2.59. The largest absolute Gasteiger partial charge is 0.305 e. The van der Waals surface area contributed by atoms with Crippen molar-refractivity contribution in [2.24, 2.45) is 11.8 Å². The second-order valence-electron chi connectivity index (χ2n) is 3.95. The molecule has 2 fully saturated rings. The van der Waals surface area contributed by atoms with E-state index in [1.165, 1.54) is 6.42 Å². The Morgan fingerprint density at radius 3 is 3.00 bits per heavy atom. The Labute approximate surface area is 67.6 Å². The van der Waals surface area contributed by atoms with Gasteiger partial charge in [-0.25, -0.2) is 0 Å². The van der Waals surface area contributed by atoms with Gasteiger partial charge in [-0.2, -0.15) is 0 Å². The summed E-state index contributed by atoms with van der Waals surface area (Å²) in [4.78, 5) is 13.7. The van der Waals surface area contributed by atoms with Crippen LogP contribution >= 0.6 is 0 Å². The van der Waals surface area contributed by atoms with E-state index in [1.807, 2.05) is 0 Å². The molecule has 2 heteroatoms. The van der Waals surface area contributed by atoms with Gasteiger partial charge in [0, 0.05) is 25.4 Å². The molecule has 1 saturated carbocycles. The fourth-order valence-electron chi connectivity index (χ4n) is 2.47. The van der Waals surface area contributed by atoms with E-state index in [0.717, 1.165) is 25.9 Å². The number of carbonyl (C=O) groups excluding carboxylic acids is 1. The van der Waals surface area contributed by atoms with Gasteiger partial charge in [0.15, 0.2) is 0 Å². The Morgan fingerprint density at radius 1 is 1.45 bits per heavy atom. The number of rotatable bonds is 0. The number of Topliss-reactive ketones (excluding diaryl/α,β-unsaturated/α-hetero) is 1. The number of fused-ring (bicyclic) bond motifs is 1. The summed E-state index contributed by atoms with van der Waals surface area (Å²) in [6.45, 7) is 2.17. The molecule has 11 heavy (non-hydrogen) atoms. The molecule has 0 N–H and O–H groups in total. The summed E-state index contributed by atoms with van der Waals surface area (Å²) in [5.41, 5.74) is 0. The lowest BCUT2D eigenvalue weighted by Gasteiger charge is -2.21. The van der Waals surface area contributed by atoms with Crippen molar-refractivity contribution in [1.82, 2.24) is 4.90 Å². The van der Waals surface area contributed by atoms with Crippen LogP contribution in [0.15, 0.2) is 0 Å². The van der Waals surface area contributed by atoms with Crippen LogP contribution in [-0.4, -0.2) is 30.8 Å². The molecule has 0 aromatic carbocycles. The van der Waals surface area contributed by atoms with Crippen LogP contribution in [0.3, 0.4) is 0 Å². The SMILES string of the molecule is CN1CC2CCCC(=O)C2C1. The van der Waals surface area contributed by atoms with E-state index < -0.39 is 0 Å². The first-order valence-electron chi connectivity index (χ1n) is 4.48. The minimum Gasteiger partial charge on any atom is -0.305 e. The molecule has 2 nitrogen and oxygen atoms in total. The van der Waals surface area contributed by atoms with Crippen LogP contribution in [0, 0.1) is 11.8 Å². The van der Waals surface area contributed by atoms with Gasteiger partial charge in [0.05, 0.1) is 0 Å². The van der Waals surface area contributed by atoms with Crippen molar-refractivity contribution >= 4 is 5.78 Å². The van der Waals surface area contributed by atoms with Gasteiger partial charge in [0.1, 0.15) is 5.78 Å². The zero-order valence-electron chi connectivity index (χ0n) is 7.05. The third kappa shape index (κ3) is 1.20. The fraction of sp³-hybridized carbons (Fsp3) is 0.889. The summed E-state index contributed by atoms with van der Waals surface area (Å²) < 4.78 is 0. The molecule has 0 bridgehead atoms. The Balaban J connectivity index is 2.09. The Bertz CT molecular complexity index is 178. The van der Waals surface area contributed by atoms with Gasteiger partial charge in [-0.1, -0.05) is 0 Å².